The Balaban J connectivity index is 1.44. The molecule has 5 nitrogen and oxygen atoms in total. The Morgan fingerprint density at radius 3 is 2.53 bits per heavy atom. The van der Waals surface area contributed by atoms with Gasteiger partial charge < -0.3 is 4.74 Å². The van der Waals surface area contributed by atoms with Crippen molar-refractivity contribution in [2.24, 2.45) is 0 Å². The molecular formula is C25H21FN2O3S. The Kier molecular flexibility index (Phi) is 6.56. The lowest BCUT2D eigenvalue weighted by atomic mass is 10.1. The number of thiazole rings is 1. The molecule has 2 aromatic heterocycles. The molecule has 2 heterocycles. The number of ketones is 1. The maximum atomic E-state index is 13.0. The first-order valence-electron chi connectivity index (χ1n) is 10.1. The minimum Gasteiger partial charge on any atom is -0.489 e. The molecule has 0 fully saturated rings. The van der Waals surface area contributed by atoms with E-state index in [-0.39, 0.29) is 23.6 Å². The van der Waals surface area contributed by atoms with E-state index in [1.807, 2.05) is 30.3 Å². The average Bonchev–Trinajstić information content (AvgIpc) is 3.19. The third-order valence-corrected chi connectivity index (χ3v) is 6.14. The molecule has 162 valence electrons. The third-order valence-electron chi connectivity index (χ3n) is 4.94. The van der Waals surface area contributed by atoms with Gasteiger partial charge in [-0.05, 0) is 42.7 Å². The number of carbonyl (C=O) groups is 1. The van der Waals surface area contributed by atoms with Gasteiger partial charge in [0, 0.05) is 18.7 Å². The molecule has 0 aliphatic rings. The summed E-state index contributed by atoms with van der Waals surface area (Å²) in [6, 6.07) is 18.9. The van der Waals surface area contributed by atoms with Crippen molar-refractivity contribution in [2.75, 3.05) is 0 Å². The van der Waals surface area contributed by atoms with E-state index >= 15 is 0 Å². The zero-order valence-corrected chi connectivity index (χ0v) is 18.3. The van der Waals surface area contributed by atoms with Gasteiger partial charge in [-0.2, -0.15) is 0 Å². The second-order valence-electron chi connectivity index (χ2n) is 7.31. The number of Topliss-reactive ketones (excluding diaryl/α,β-unsaturated/α-hetero) is 1. The second-order valence-corrected chi connectivity index (χ2v) is 8.28. The van der Waals surface area contributed by atoms with Crippen LogP contribution in [0.25, 0.3) is 5.13 Å². The predicted molar refractivity (Wildman–Crippen MR) is 122 cm³/mol. The van der Waals surface area contributed by atoms with E-state index in [0.29, 0.717) is 34.5 Å². The minimum absolute atomic E-state index is 0.0496. The van der Waals surface area contributed by atoms with Crippen LogP contribution in [0.2, 0.25) is 0 Å². The van der Waals surface area contributed by atoms with Gasteiger partial charge in [-0.15, -0.1) is 0 Å². The summed E-state index contributed by atoms with van der Waals surface area (Å²) in [7, 11) is 0. The van der Waals surface area contributed by atoms with Gasteiger partial charge in [-0.3, -0.25) is 14.2 Å². The Labute approximate surface area is 188 Å². The van der Waals surface area contributed by atoms with Gasteiger partial charge in [0.25, 0.3) is 5.56 Å². The normalized spacial score (nSPS) is 10.8. The zero-order chi connectivity index (χ0) is 22.5. The van der Waals surface area contributed by atoms with E-state index in [2.05, 4.69) is 4.98 Å². The van der Waals surface area contributed by atoms with Crippen LogP contribution >= 0.6 is 11.3 Å². The summed E-state index contributed by atoms with van der Waals surface area (Å²) in [4.78, 5) is 30.3. The van der Waals surface area contributed by atoms with Crippen molar-refractivity contribution in [3.63, 3.8) is 0 Å². The molecule has 4 rings (SSSR count). The maximum absolute atomic E-state index is 13.0. The van der Waals surface area contributed by atoms with Gasteiger partial charge in [0.05, 0.1) is 10.6 Å². The van der Waals surface area contributed by atoms with Crippen LogP contribution in [0, 0.1) is 12.7 Å². The number of aryl methyl sites for hydroxylation is 2. The van der Waals surface area contributed by atoms with E-state index < -0.39 is 0 Å². The summed E-state index contributed by atoms with van der Waals surface area (Å²) in [5, 5.41) is 0.437. The van der Waals surface area contributed by atoms with Crippen molar-refractivity contribution in [1.29, 1.82) is 0 Å². The molecule has 0 saturated heterocycles. The number of halogens is 1. The Hall–Kier alpha value is -3.58. The van der Waals surface area contributed by atoms with Gasteiger partial charge in [0.2, 0.25) is 0 Å². The number of benzene rings is 2. The fraction of sp³-hybridized carbons (Fsp3) is 0.160. The summed E-state index contributed by atoms with van der Waals surface area (Å²) in [5.74, 6) is 0.121. The van der Waals surface area contributed by atoms with Crippen LogP contribution in [0.1, 0.15) is 32.9 Å². The summed E-state index contributed by atoms with van der Waals surface area (Å²) in [6.45, 7) is 2.13. The fourth-order valence-corrected chi connectivity index (χ4v) is 4.24. The van der Waals surface area contributed by atoms with Crippen molar-refractivity contribution >= 4 is 17.1 Å². The standard InChI is InChI=1S/C25H21FN2O3S/c1-17-24(22(29)12-9-18-7-10-20(26)11-8-18)32-25(27-17)28-14-13-21(15-23(28)30)31-16-19-5-3-2-4-6-19/h2-8,10-11,13-15H,9,12,16H2,1H3. The fourth-order valence-electron chi connectivity index (χ4n) is 3.22. The van der Waals surface area contributed by atoms with Crippen LogP contribution in [0.5, 0.6) is 5.75 Å². The summed E-state index contributed by atoms with van der Waals surface area (Å²) in [6.07, 6.45) is 2.40. The molecule has 4 aromatic rings. The molecule has 7 heteroatoms. The molecule has 0 aliphatic carbocycles. The lowest BCUT2D eigenvalue weighted by Gasteiger charge is -2.07. The summed E-state index contributed by atoms with van der Waals surface area (Å²) in [5.41, 5.74) is 2.21. The lowest BCUT2D eigenvalue weighted by molar-refractivity contribution is 0.0986. The van der Waals surface area contributed by atoms with Gasteiger partial charge in [0.1, 0.15) is 18.2 Å². The number of nitrogens with zero attached hydrogens (tertiary/aromatic N) is 2. The number of pyridine rings is 1. The van der Waals surface area contributed by atoms with Gasteiger partial charge >= 0.3 is 0 Å². The number of aromatic nitrogens is 2. The number of carbonyl (C=O) groups excluding carboxylic acids is 1. The summed E-state index contributed by atoms with van der Waals surface area (Å²) >= 11 is 1.19. The Morgan fingerprint density at radius 1 is 1.06 bits per heavy atom. The number of rotatable bonds is 8. The van der Waals surface area contributed by atoms with Gasteiger partial charge in [-0.25, -0.2) is 9.37 Å². The van der Waals surface area contributed by atoms with Crippen molar-refractivity contribution < 1.29 is 13.9 Å². The van der Waals surface area contributed by atoms with E-state index in [1.54, 1.807) is 31.3 Å². The topological polar surface area (TPSA) is 61.2 Å². The highest BCUT2D eigenvalue weighted by atomic mass is 32.1. The molecule has 2 aromatic carbocycles. The molecule has 0 unspecified atom stereocenters. The molecule has 0 saturated carbocycles. The molecule has 0 N–H and O–H groups in total. The Morgan fingerprint density at radius 2 is 1.81 bits per heavy atom. The first-order chi connectivity index (χ1) is 15.5. The zero-order valence-electron chi connectivity index (χ0n) is 17.5. The van der Waals surface area contributed by atoms with Crippen molar-refractivity contribution in [2.45, 2.75) is 26.4 Å². The minimum atomic E-state index is -0.301. The molecular weight excluding hydrogens is 427 g/mol. The molecule has 0 atom stereocenters. The van der Waals surface area contributed by atoms with Gasteiger partial charge in [-0.1, -0.05) is 53.8 Å². The number of hydrogen-bond acceptors (Lipinski definition) is 5. The van der Waals surface area contributed by atoms with Crippen LogP contribution in [0.15, 0.2) is 77.7 Å². The molecule has 0 bridgehead atoms. The van der Waals surface area contributed by atoms with Crippen LogP contribution in [-0.2, 0) is 13.0 Å². The lowest BCUT2D eigenvalue weighted by Crippen LogP contribution is -2.16. The first kappa shape index (κ1) is 21.6. The molecule has 0 aliphatic heterocycles. The molecule has 0 spiro atoms. The molecule has 0 amide bonds. The van der Waals surface area contributed by atoms with E-state index in [4.69, 9.17) is 4.74 Å². The van der Waals surface area contributed by atoms with Crippen molar-refractivity contribution in [3.8, 4) is 10.9 Å². The maximum Gasteiger partial charge on any atom is 0.260 e. The van der Waals surface area contributed by atoms with Crippen LogP contribution in [-0.4, -0.2) is 15.3 Å². The van der Waals surface area contributed by atoms with Crippen LogP contribution in [0.4, 0.5) is 4.39 Å². The highest BCUT2D eigenvalue weighted by Gasteiger charge is 2.17. The largest absolute Gasteiger partial charge is 0.489 e. The van der Waals surface area contributed by atoms with Gasteiger partial charge in [0.15, 0.2) is 10.9 Å². The van der Waals surface area contributed by atoms with Crippen LogP contribution in [0.3, 0.4) is 0 Å². The van der Waals surface area contributed by atoms with Crippen molar-refractivity contribution in [1.82, 2.24) is 9.55 Å². The molecule has 32 heavy (non-hydrogen) atoms. The van der Waals surface area contributed by atoms with Crippen LogP contribution < -0.4 is 10.3 Å². The van der Waals surface area contributed by atoms with E-state index in [1.165, 1.54) is 34.1 Å². The average molecular weight is 449 g/mol. The van der Waals surface area contributed by atoms with Crippen molar-refractivity contribution in [3.05, 3.63) is 111 Å². The third kappa shape index (κ3) is 5.18. The predicted octanol–water partition coefficient (Wildman–Crippen LogP) is 5.14. The van der Waals surface area contributed by atoms with E-state index in [0.717, 1.165) is 11.1 Å². The number of hydrogen-bond donors (Lipinski definition) is 0. The quantitative estimate of drug-likeness (QED) is 0.350. The van der Waals surface area contributed by atoms with E-state index in [9.17, 15) is 14.0 Å². The summed E-state index contributed by atoms with van der Waals surface area (Å²) < 4.78 is 20.1. The molecule has 0 radical (unpaired) electrons. The SMILES string of the molecule is Cc1nc(-n2ccc(OCc3ccccc3)cc2=O)sc1C(=O)CCc1ccc(F)cc1. The number of ether oxygens (including phenoxy) is 1. The first-order valence-corrected chi connectivity index (χ1v) is 11.0. The second kappa shape index (κ2) is 9.70. The smallest absolute Gasteiger partial charge is 0.260 e. The Bertz CT molecular complexity index is 1280. The highest BCUT2D eigenvalue weighted by Crippen LogP contribution is 2.23. The highest BCUT2D eigenvalue weighted by molar-refractivity contribution is 7.16. The monoisotopic (exact) mass is 448 g/mol.